The zero-order valence-corrected chi connectivity index (χ0v) is 11.7. The molecular weight excluding hydrogens is 268 g/mol. The summed E-state index contributed by atoms with van der Waals surface area (Å²) in [7, 11) is 1.57. The van der Waals surface area contributed by atoms with Gasteiger partial charge >= 0.3 is 0 Å². The molecule has 6 nitrogen and oxygen atoms in total. The van der Waals surface area contributed by atoms with Crippen molar-refractivity contribution in [3.8, 4) is 5.75 Å². The van der Waals surface area contributed by atoms with Crippen LogP contribution in [0.25, 0.3) is 11.2 Å². The van der Waals surface area contributed by atoms with Gasteiger partial charge in [-0.15, -0.1) is 0 Å². The Labute approximate surface area is 121 Å². The van der Waals surface area contributed by atoms with Crippen molar-refractivity contribution in [1.29, 1.82) is 0 Å². The summed E-state index contributed by atoms with van der Waals surface area (Å²) in [5.74, 6) is 0.368. The molecule has 2 aromatic heterocycles. The monoisotopic (exact) mass is 282 g/mol. The number of H-pyrrole nitrogens is 1. The van der Waals surface area contributed by atoms with E-state index in [1.54, 1.807) is 19.5 Å². The third-order valence-corrected chi connectivity index (χ3v) is 3.14. The van der Waals surface area contributed by atoms with E-state index in [4.69, 9.17) is 4.74 Å². The van der Waals surface area contributed by atoms with Gasteiger partial charge in [-0.3, -0.25) is 4.79 Å². The predicted molar refractivity (Wildman–Crippen MR) is 79.6 cm³/mol. The zero-order valence-electron chi connectivity index (χ0n) is 11.7. The number of nitrogens with zero attached hydrogens (tertiary/aromatic N) is 2. The second-order valence-electron chi connectivity index (χ2n) is 4.66. The number of carbonyl (C=O) groups excluding carboxylic acids is 1. The number of fused-ring (bicyclic) bond motifs is 1. The first kappa shape index (κ1) is 13.1. The molecule has 21 heavy (non-hydrogen) atoms. The minimum atomic E-state index is -0.247. The molecule has 0 aliphatic heterocycles. The standard InChI is InChI=1S/C15H14N4O2/c1-9-3-4-13(21-2)11(5-9)19-15(20)10-6-12-14(16-7-10)18-8-17-12/h3-8H,1-2H3,(H,19,20)(H,16,17,18). The van der Waals surface area contributed by atoms with Gasteiger partial charge in [0.1, 0.15) is 5.75 Å². The number of imidazole rings is 1. The van der Waals surface area contributed by atoms with Crippen LogP contribution in [0.1, 0.15) is 15.9 Å². The van der Waals surface area contributed by atoms with Gasteiger partial charge in [-0.05, 0) is 30.7 Å². The van der Waals surface area contributed by atoms with Crippen molar-refractivity contribution in [3.05, 3.63) is 47.9 Å². The van der Waals surface area contributed by atoms with Crippen molar-refractivity contribution < 1.29 is 9.53 Å². The molecule has 0 radical (unpaired) electrons. The highest BCUT2D eigenvalue weighted by Gasteiger charge is 2.11. The molecule has 0 saturated carbocycles. The predicted octanol–water partition coefficient (Wildman–Crippen LogP) is 2.53. The lowest BCUT2D eigenvalue weighted by Gasteiger charge is -2.10. The van der Waals surface area contributed by atoms with Crippen molar-refractivity contribution in [2.24, 2.45) is 0 Å². The molecule has 0 bridgehead atoms. The maximum Gasteiger partial charge on any atom is 0.257 e. The van der Waals surface area contributed by atoms with Crippen molar-refractivity contribution >= 4 is 22.8 Å². The summed E-state index contributed by atoms with van der Waals surface area (Å²) in [5, 5.41) is 2.84. The van der Waals surface area contributed by atoms with E-state index in [1.807, 2.05) is 25.1 Å². The number of rotatable bonds is 3. The molecule has 0 saturated heterocycles. The molecule has 0 unspecified atom stereocenters. The third kappa shape index (κ3) is 2.55. The highest BCUT2D eigenvalue weighted by atomic mass is 16.5. The van der Waals surface area contributed by atoms with E-state index in [-0.39, 0.29) is 5.91 Å². The minimum absolute atomic E-state index is 0.247. The van der Waals surface area contributed by atoms with Crippen LogP contribution in [0, 0.1) is 6.92 Å². The van der Waals surface area contributed by atoms with Crippen molar-refractivity contribution in [3.63, 3.8) is 0 Å². The first-order chi connectivity index (χ1) is 10.2. The summed E-state index contributed by atoms with van der Waals surface area (Å²) in [6.07, 6.45) is 3.05. The normalized spacial score (nSPS) is 10.6. The van der Waals surface area contributed by atoms with Gasteiger partial charge in [0.2, 0.25) is 0 Å². The summed E-state index contributed by atoms with van der Waals surface area (Å²) in [6.45, 7) is 1.95. The Morgan fingerprint density at radius 3 is 2.95 bits per heavy atom. The maximum absolute atomic E-state index is 12.3. The number of ether oxygens (including phenoxy) is 1. The van der Waals surface area contributed by atoms with E-state index >= 15 is 0 Å². The van der Waals surface area contributed by atoms with Gasteiger partial charge in [0.25, 0.3) is 5.91 Å². The summed E-state index contributed by atoms with van der Waals surface area (Å²) < 4.78 is 5.25. The van der Waals surface area contributed by atoms with Crippen LogP contribution >= 0.6 is 0 Å². The first-order valence-electron chi connectivity index (χ1n) is 6.42. The molecule has 1 amide bonds. The fourth-order valence-corrected chi connectivity index (χ4v) is 2.07. The van der Waals surface area contributed by atoms with E-state index in [1.165, 1.54) is 6.20 Å². The summed E-state index contributed by atoms with van der Waals surface area (Å²) in [4.78, 5) is 23.4. The van der Waals surface area contributed by atoms with E-state index in [0.29, 0.717) is 22.6 Å². The van der Waals surface area contributed by atoms with Gasteiger partial charge in [0.05, 0.1) is 30.2 Å². The van der Waals surface area contributed by atoms with Gasteiger partial charge in [-0.2, -0.15) is 0 Å². The number of aromatic amines is 1. The zero-order chi connectivity index (χ0) is 14.8. The molecule has 106 valence electrons. The Balaban J connectivity index is 1.90. The van der Waals surface area contributed by atoms with Gasteiger partial charge in [0, 0.05) is 6.20 Å². The van der Waals surface area contributed by atoms with Crippen LogP contribution in [0.3, 0.4) is 0 Å². The summed E-state index contributed by atoms with van der Waals surface area (Å²) in [6, 6.07) is 7.32. The summed E-state index contributed by atoms with van der Waals surface area (Å²) in [5.41, 5.74) is 3.43. The van der Waals surface area contributed by atoms with E-state index in [0.717, 1.165) is 11.1 Å². The van der Waals surface area contributed by atoms with Gasteiger partial charge in [-0.25, -0.2) is 9.97 Å². The third-order valence-electron chi connectivity index (χ3n) is 3.14. The SMILES string of the molecule is COc1ccc(C)cc1NC(=O)c1cnc2nc[nH]c2c1. The second-order valence-corrected chi connectivity index (χ2v) is 4.66. The highest BCUT2D eigenvalue weighted by molar-refractivity contribution is 6.06. The molecule has 0 fully saturated rings. The van der Waals surface area contributed by atoms with Crippen LogP contribution in [-0.4, -0.2) is 28.0 Å². The topological polar surface area (TPSA) is 79.9 Å². The van der Waals surface area contributed by atoms with Crippen LogP contribution in [0.2, 0.25) is 0 Å². The minimum Gasteiger partial charge on any atom is -0.495 e. The lowest BCUT2D eigenvalue weighted by atomic mass is 10.2. The van der Waals surface area contributed by atoms with Crippen LogP contribution < -0.4 is 10.1 Å². The van der Waals surface area contributed by atoms with Gasteiger partial charge in [-0.1, -0.05) is 6.07 Å². The molecule has 0 aliphatic rings. The van der Waals surface area contributed by atoms with Crippen molar-refractivity contribution in [2.75, 3.05) is 12.4 Å². The van der Waals surface area contributed by atoms with Gasteiger partial charge < -0.3 is 15.0 Å². The Morgan fingerprint density at radius 2 is 2.14 bits per heavy atom. The van der Waals surface area contributed by atoms with E-state index in [2.05, 4.69) is 20.3 Å². The molecule has 0 aliphatic carbocycles. The number of aryl methyl sites for hydroxylation is 1. The highest BCUT2D eigenvalue weighted by Crippen LogP contribution is 2.25. The van der Waals surface area contributed by atoms with Crippen LogP contribution in [0.15, 0.2) is 36.8 Å². The number of carbonyl (C=O) groups is 1. The molecule has 0 atom stereocenters. The van der Waals surface area contributed by atoms with E-state index < -0.39 is 0 Å². The lowest BCUT2D eigenvalue weighted by Crippen LogP contribution is -2.13. The van der Waals surface area contributed by atoms with Crippen molar-refractivity contribution in [1.82, 2.24) is 15.0 Å². The molecule has 3 rings (SSSR count). The molecular formula is C15H14N4O2. The fourth-order valence-electron chi connectivity index (χ4n) is 2.07. The average molecular weight is 282 g/mol. The number of hydrogen-bond donors (Lipinski definition) is 2. The Morgan fingerprint density at radius 1 is 1.29 bits per heavy atom. The molecule has 2 N–H and O–H groups in total. The van der Waals surface area contributed by atoms with Crippen LogP contribution in [-0.2, 0) is 0 Å². The average Bonchev–Trinajstić information content (AvgIpc) is 2.94. The first-order valence-corrected chi connectivity index (χ1v) is 6.42. The van der Waals surface area contributed by atoms with E-state index in [9.17, 15) is 4.79 Å². The molecule has 3 aromatic rings. The number of anilines is 1. The Hall–Kier alpha value is -2.89. The van der Waals surface area contributed by atoms with Crippen LogP contribution in [0.5, 0.6) is 5.75 Å². The van der Waals surface area contributed by atoms with Crippen LogP contribution in [0.4, 0.5) is 5.69 Å². The fraction of sp³-hybridized carbons (Fsp3) is 0.133. The Kier molecular flexibility index (Phi) is 3.27. The number of hydrogen-bond acceptors (Lipinski definition) is 4. The lowest BCUT2D eigenvalue weighted by molar-refractivity contribution is 0.102. The van der Waals surface area contributed by atoms with Crippen molar-refractivity contribution in [2.45, 2.75) is 6.92 Å². The second kappa shape index (κ2) is 5.24. The smallest absolute Gasteiger partial charge is 0.257 e. The molecule has 6 heteroatoms. The quantitative estimate of drug-likeness (QED) is 0.773. The number of aromatic nitrogens is 3. The number of benzene rings is 1. The molecule has 2 heterocycles. The number of pyridine rings is 1. The molecule has 0 spiro atoms. The maximum atomic E-state index is 12.3. The number of nitrogens with one attached hydrogen (secondary N) is 2. The largest absolute Gasteiger partial charge is 0.495 e. The van der Waals surface area contributed by atoms with Gasteiger partial charge in [0.15, 0.2) is 5.65 Å². The number of methoxy groups -OCH3 is 1. The Bertz CT molecular complexity index is 810. The summed E-state index contributed by atoms with van der Waals surface area (Å²) >= 11 is 0. The number of amides is 1. The molecule has 1 aromatic carbocycles.